The van der Waals surface area contributed by atoms with Crippen LogP contribution in [0.25, 0.3) is 0 Å². The molecule has 1 saturated heterocycles. The number of ether oxygens (including phenoxy) is 6. The number of cyclic esters (lactones) is 1. The third kappa shape index (κ3) is 27.5. The molecule has 136 heavy (non-hydrogen) atoms. The molecule has 0 amide bonds. The number of aliphatic hydroxyl groups excluding tert-OH is 1. The smallest absolute Gasteiger partial charge is 0.312 e. The fraction of sp³-hybridized carbons (Fsp3) is 0.959. The summed E-state index contributed by atoms with van der Waals surface area (Å²) in [6.07, 6.45) is 30.1. The molecule has 0 aromatic rings. The van der Waals surface area contributed by atoms with Gasteiger partial charge in [-0.1, -0.05) is 237 Å². The normalized spacial score (nSPS) is 44.0. The van der Waals surface area contributed by atoms with Crippen molar-refractivity contribution in [2.75, 3.05) is 20.3 Å². The molecule has 13 nitrogen and oxygen atoms in total. The van der Waals surface area contributed by atoms with Gasteiger partial charge in [-0.2, -0.15) is 0 Å². The number of fused-ring (bicyclic) bond motifs is 17. The summed E-state index contributed by atoms with van der Waals surface area (Å²) in [7, 11) is 1.83. The summed E-state index contributed by atoms with van der Waals surface area (Å²) in [5.41, 5.74) is -1.14. The molecule has 40 unspecified atom stereocenters. The summed E-state index contributed by atoms with van der Waals surface area (Å²) in [5.74, 6) is 29.9. The monoisotopic (exact) mass is 1930 g/mol. The number of methoxy groups -OCH3 is 1. The molecule has 0 radical (unpaired) electrons. The van der Waals surface area contributed by atoms with Crippen molar-refractivity contribution in [2.24, 2.45) is 248 Å². The van der Waals surface area contributed by atoms with E-state index in [0.717, 1.165) is 218 Å². The lowest BCUT2D eigenvalue weighted by Gasteiger charge is -2.61. The lowest BCUT2D eigenvalue weighted by molar-refractivity contribution is -0.204. The Morgan fingerprint density at radius 1 is 0.375 bits per heavy atom. The average Bonchev–Trinajstić information content (AvgIpc) is 1.13. The molecule has 21 aliphatic rings. The van der Waals surface area contributed by atoms with Crippen molar-refractivity contribution in [1.82, 2.24) is 0 Å². The van der Waals surface area contributed by atoms with Gasteiger partial charge < -0.3 is 38.6 Å². The van der Waals surface area contributed by atoms with Gasteiger partial charge >= 0.3 is 29.8 Å². The van der Waals surface area contributed by atoms with Crippen LogP contribution in [0.5, 0.6) is 0 Å². The Hall–Kier alpha value is -2.77. The number of hydrogen-bond donors (Lipinski definition) is 2. The number of carbonyl (C=O) groups is 5. The number of esters is 5. The highest BCUT2D eigenvalue weighted by molar-refractivity contribution is 5.80. The standard InChI is InChI=1S/C23H36O2.C15H26O2.C14H24O2.C12H18O2.C12H22O.C11H18O2.C11H20O.C9H16O.16CH4/c1-13-14(2)19-8-18(13)9-20(19)21(24)25-22(3,4)23-10-15-5-16(11-23)7-17(6-15)12-23;1-6-15(4,5)17-14(16)13-8-11-7-12(13)10(3)9(11)2;1-8-9(2)11-6-10(8)7-12(11)13(15)16-14(3,4)5;1-7-8(2)10-5-9(7)6-12(10)3-4-14-11(12)13;1-7-8(2)10-5-9(7)6-11(10)12(3,4)13;1-6-7(2)10-4-9(6)5-11(10)13-8(3)12;1-7-8(2)11-5-9(7)4-10(11)6-12-3;1-5-6(2)8-3-7(5)4-9(8)10;;;;;;;;;;;;;;;;/h13-20H,5-12H2,1-4H3;9-13H,6-8H2,1-5H3;8-12H,6-7H2,1-5H3;7-10H,3-6H2,1-2H3;7-11,13H,5-6H2,1-4H3;6-7,9-11H,4-5H2,1-3H3;7-11H,4-6H2,1-3H3;5-10H,3-4H2,1-2H3;16*1H4. The van der Waals surface area contributed by atoms with E-state index in [-0.39, 0.29) is 206 Å². The van der Waals surface area contributed by atoms with Gasteiger partial charge in [-0.15, -0.1) is 0 Å². The molecule has 1 spiro atoms. The van der Waals surface area contributed by atoms with Crippen molar-refractivity contribution in [2.45, 2.75) is 494 Å². The van der Waals surface area contributed by atoms with Crippen LogP contribution < -0.4 is 0 Å². The summed E-state index contributed by atoms with van der Waals surface area (Å²) < 4.78 is 33.4. The SMILES string of the molecule is C.C.C.C.C.C.C.C.C.C.C.C.C.C.C.C.CC(=O)OC1CC2CC1C(C)C2C.CC1C2CC(C(=O)OC(C)(C)C)C(C2)C1C.CC1C2CC(C(=O)OC(C)(C)C34CC5CC(CC(C5)C3)C4)C(C2)C1C.CC1C2CC(C1C)C(C(C)(C)O)C2.CC1C2CC(C1C)C1(CCOC1=O)C2.CC1C2CC(O)C(C2)C1C.CCC(C)(C)OC(=O)C1CC2CC1C(C)C2C.COCC1CC2CC1C(C)C2C. The van der Waals surface area contributed by atoms with E-state index in [4.69, 9.17) is 28.4 Å². The van der Waals surface area contributed by atoms with Crippen molar-refractivity contribution >= 4 is 29.8 Å². The van der Waals surface area contributed by atoms with E-state index in [1.54, 1.807) is 0 Å². The van der Waals surface area contributed by atoms with Crippen LogP contribution in [0.2, 0.25) is 0 Å². The quantitative estimate of drug-likeness (QED) is 0.147. The highest BCUT2D eigenvalue weighted by atomic mass is 16.6. The molecule has 20 bridgehead atoms. The molecule has 814 valence electrons. The minimum absolute atomic E-state index is 0. The Balaban J connectivity index is -0.000000729. The molecule has 2 N–H and O–H groups in total. The number of carbonyl (C=O) groups excluding carboxylic acids is 5. The molecule has 1 aliphatic heterocycles. The lowest BCUT2D eigenvalue weighted by Crippen LogP contribution is -2.57. The fourth-order valence-corrected chi connectivity index (χ4v) is 33.4. The van der Waals surface area contributed by atoms with Gasteiger partial charge in [-0.25, -0.2) is 0 Å². The zero-order chi connectivity index (χ0) is 87.8. The van der Waals surface area contributed by atoms with Gasteiger partial charge in [0.2, 0.25) is 0 Å². The van der Waals surface area contributed by atoms with Crippen LogP contribution in [0, 0.1) is 248 Å². The first-order chi connectivity index (χ1) is 56.0. The lowest BCUT2D eigenvalue weighted by atomic mass is 9.46. The maximum absolute atomic E-state index is 13.2. The minimum Gasteiger partial charge on any atom is -0.465 e. The summed E-state index contributed by atoms with van der Waals surface area (Å²) >= 11 is 0. The summed E-state index contributed by atoms with van der Waals surface area (Å²) in [5, 5.41) is 19.6. The molecule has 20 saturated carbocycles. The Morgan fingerprint density at radius 3 is 1.01 bits per heavy atom. The first-order valence-electron chi connectivity index (χ1n) is 50.9. The van der Waals surface area contributed by atoms with Crippen molar-refractivity contribution in [3.63, 3.8) is 0 Å². The van der Waals surface area contributed by atoms with Crippen LogP contribution in [-0.2, 0) is 52.4 Å². The molecule has 21 rings (SSSR count). The van der Waals surface area contributed by atoms with E-state index in [2.05, 4.69) is 132 Å². The molecule has 40 atom stereocenters. The minimum atomic E-state index is -0.451. The molecule has 1 heterocycles. The highest BCUT2D eigenvalue weighted by Gasteiger charge is 2.65. The third-order valence-corrected chi connectivity index (χ3v) is 42.4. The molecular weight excluding hydrogens is 1690 g/mol. The predicted molar refractivity (Wildman–Crippen MR) is 586 cm³/mol. The Morgan fingerprint density at radius 2 is 0.713 bits per heavy atom. The topological polar surface area (TPSA) is 181 Å². The maximum atomic E-state index is 13.2. The van der Waals surface area contributed by atoms with Crippen molar-refractivity contribution in [3.05, 3.63) is 0 Å². The molecule has 0 aromatic carbocycles. The van der Waals surface area contributed by atoms with Gasteiger partial charge in [-0.05, 0) is 435 Å². The molecule has 13 heteroatoms. The first kappa shape index (κ1) is 139. The number of hydrogen-bond acceptors (Lipinski definition) is 13. The zero-order valence-electron chi connectivity index (χ0n) is 81.5. The van der Waals surface area contributed by atoms with Crippen LogP contribution in [0.4, 0.5) is 0 Å². The van der Waals surface area contributed by atoms with E-state index in [0.29, 0.717) is 65.8 Å². The van der Waals surface area contributed by atoms with E-state index < -0.39 is 5.60 Å². The average molecular weight is 1930 g/mol. The Kier molecular flexibility index (Phi) is 54.9. The predicted octanol–water partition coefficient (Wildman–Crippen LogP) is 33.9. The van der Waals surface area contributed by atoms with Gasteiger partial charge in [0.05, 0.1) is 41.5 Å². The van der Waals surface area contributed by atoms with Crippen LogP contribution in [0.3, 0.4) is 0 Å². The second-order valence-corrected chi connectivity index (χ2v) is 50.1. The van der Waals surface area contributed by atoms with Gasteiger partial charge in [0, 0.05) is 26.1 Å². The number of aliphatic hydroxyl groups is 2. The van der Waals surface area contributed by atoms with Gasteiger partial charge in [0.25, 0.3) is 0 Å². The summed E-state index contributed by atoms with van der Waals surface area (Å²) in [6.45, 7) is 61.1. The molecule has 21 fully saturated rings. The largest absolute Gasteiger partial charge is 0.465 e. The second kappa shape index (κ2) is 53.5. The highest BCUT2D eigenvalue weighted by Crippen LogP contribution is 2.68. The maximum Gasteiger partial charge on any atom is 0.312 e. The van der Waals surface area contributed by atoms with Gasteiger partial charge in [0.15, 0.2) is 0 Å². The Labute approximate surface area is 849 Å². The third-order valence-electron chi connectivity index (χ3n) is 42.4. The summed E-state index contributed by atoms with van der Waals surface area (Å²) in [4.78, 5) is 60.2. The summed E-state index contributed by atoms with van der Waals surface area (Å²) in [6, 6.07) is 0. The van der Waals surface area contributed by atoms with Crippen molar-refractivity contribution in [3.8, 4) is 0 Å². The second-order valence-electron chi connectivity index (χ2n) is 50.1. The van der Waals surface area contributed by atoms with E-state index >= 15 is 0 Å². The Bertz CT molecular complexity index is 3460. The molecule has 0 aromatic heterocycles. The van der Waals surface area contributed by atoms with Crippen LogP contribution in [-0.4, -0.2) is 95.0 Å². The fourth-order valence-electron chi connectivity index (χ4n) is 33.4. The van der Waals surface area contributed by atoms with Gasteiger partial charge in [0.1, 0.15) is 22.9 Å². The van der Waals surface area contributed by atoms with Crippen molar-refractivity contribution in [1.29, 1.82) is 0 Å². The number of rotatable bonds is 11. The van der Waals surface area contributed by atoms with Crippen LogP contribution in [0.15, 0.2) is 0 Å². The van der Waals surface area contributed by atoms with E-state index in [9.17, 15) is 34.2 Å². The van der Waals surface area contributed by atoms with Gasteiger partial charge in [-0.3, -0.25) is 24.0 Å². The molecule has 20 aliphatic carbocycles. The first-order valence-corrected chi connectivity index (χ1v) is 50.9. The van der Waals surface area contributed by atoms with Crippen molar-refractivity contribution < 1.29 is 62.6 Å². The van der Waals surface area contributed by atoms with Crippen LogP contribution >= 0.6 is 0 Å². The van der Waals surface area contributed by atoms with E-state index in [1.807, 2.05) is 55.6 Å². The zero-order valence-corrected chi connectivity index (χ0v) is 81.5. The van der Waals surface area contributed by atoms with Crippen LogP contribution in [0.1, 0.15) is 460 Å². The van der Waals surface area contributed by atoms with E-state index in [1.165, 1.54) is 110 Å². The molecular formula is C123H244O13.